The minimum absolute atomic E-state index is 0.108. The van der Waals surface area contributed by atoms with Gasteiger partial charge in [0.2, 0.25) is 0 Å². The van der Waals surface area contributed by atoms with Gasteiger partial charge in [0.05, 0.1) is 0 Å². The average Bonchev–Trinajstić information content (AvgIpc) is 3.10. The Morgan fingerprint density at radius 1 is 1.31 bits per heavy atom. The van der Waals surface area contributed by atoms with Crippen LogP contribution in [0.2, 0.25) is 0 Å². The molecule has 86 valence electrons. The lowest BCUT2D eigenvalue weighted by molar-refractivity contribution is 0.0903. The third-order valence-corrected chi connectivity index (χ3v) is 2.90. The highest BCUT2D eigenvalue weighted by atomic mass is 16.6. The van der Waals surface area contributed by atoms with Crippen LogP contribution in [0.4, 0.5) is 5.69 Å². The zero-order valence-corrected chi connectivity index (χ0v) is 9.11. The minimum atomic E-state index is 0.108. The van der Waals surface area contributed by atoms with Crippen LogP contribution in [0.5, 0.6) is 11.5 Å². The summed E-state index contributed by atoms with van der Waals surface area (Å²) >= 11 is 0. The predicted octanol–water partition coefficient (Wildman–Crippen LogP) is 1.16. The lowest BCUT2D eigenvalue weighted by atomic mass is 10.2. The van der Waals surface area contributed by atoms with Gasteiger partial charge >= 0.3 is 0 Å². The zero-order valence-electron chi connectivity index (χ0n) is 9.11. The Labute approximate surface area is 94.7 Å². The van der Waals surface area contributed by atoms with Crippen LogP contribution in [0.15, 0.2) is 18.2 Å². The molecule has 1 heterocycles. The van der Waals surface area contributed by atoms with Crippen molar-refractivity contribution in [1.82, 2.24) is 5.32 Å². The molecule has 0 radical (unpaired) electrons. The fourth-order valence-corrected chi connectivity index (χ4v) is 1.82. The third kappa shape index (κ3) is 2.07. The van der Waals surface area contributed by atoms with Gasteiger partial charge in [0.1, 0.15) is 12.7 Å². The summed E-state index contributed by atoms with van der Waals surface area (Å²) in [6.07, 6.45) is 2.69. The van der Waals surface area contributed by atoms with Crippen LogP contribution < -0.4 is 20.5 Å². The summed E-state index contributed by atoms with van der Waals surface area (Å²) < 4.78 is 11.4. The molecular weight excluding hydrogens is 204 g/mol. The topological polar surface area (TPSA) is 56.5 Å². The summed E-state index contributed by atoms with van der Waals surface area (Å²) in [5, 5.41) is 3.44. The third-order valence-electron chi connectivity index (χ3n) is 2.90. The summed E-state index contributed by atoms with van der Waals surface area (Å²) in [6, 6.07) is 6.21. The Balaban J connectivity index is 1.63. The first-order chi connectivity index (χ1) is 7.81. The van der Waals surface area contributed by atoms with Gasteiger partial charge in [-0.2, -0.15) is 0 Å². The maximum Gasteiger partial charge on any atom is 0.163 e. The molecule has 1 aromatic carbocycles. The maximum absolute atomic E-state index is 5.82. The van der Waals surface area contributed by atoms with Gasteiger partial charge in [-0.1, -0.05) is 0 Å². The van der Waals surface area contributed by atoms with Crippen molar-refractivity contribution in [2.24, 2.45) is 0 Å². The second kappa shape index (κ2) is 3.87. The van der Waals surface area contributed by atoms with Gasteiger partial charge in [-0.15, -0.1) is 0 Å². The molecule has 1 aliphatic heterocycles. The van der Waals surface area contributed by atoms with Crippen LogP contribution in [-0.4, -0.2) is 25.3 Å². The molecule has 4 heteroatoms. The second-order valence-electron chi connectivity index (χ2n) is 4.44. The van der Waals surface area contributed by atoms with Crippen molar-refractivity contribution in [2.75, 3.05) is 18.9 Å². The van der Waals surface area contributed by atoms with Gasteiger partial charge in [-0.05, 0) is 25.0 Å². The lowest BCUT2D eigenvalue weighted by Gasteiger charge is -2.26. The van der Waals surface area contributed by atoms with E-state index in [0.717, 1.165) is 18.0 Å². The number of hydrogen-bond acceptors (Lipinski definition) is 4. The van der Waals surface area contributed by atoms with Gasteiger partial charge in [-0.3, -0.25) is 0 Å². The van der Waals surface area contributed by atoms with Crippen LogP contribution in [0.3, 0.4) is 0 Å². The molecule has 1 saturated carbocycles. The Morgan fingerprint density at radius 3 is 3.00 bits per heavy atom. The molecule has 0 bridgehead atoms. The molecule has 1 atom stereocenters. The molecular formula is C12H16N2O2. The normalized spacial score (nSPS) is 23.1. The van der Waals surface area contributed by atoms with E-state index < -0.39 is 0 Å². The number of fused-ring (bicyclic) bond motifs is 1. The molecule has 1 aliphatic carbocycles. The lowest BCUT2D eigenvalue weighted by Crippen LogP contribution is -2.39. The van der Waals surface area contributed by atoms with E-state index in [9.17, 15) is 0 Å². The van der Waals surface area contributed by atoms with Gasteiger partial charge < -0.3 is 20.5 Å². The Morgan fingerprint density at radius 2 is 2.19 bits per heavy atom. The van der Waals surface area contributed by atoms with Crippen molar-refractivity contribution >= 4 is 5.69 Å². The summed E-state index contributed by atoms with van der Waals surface area (Å²) in [4.78, 5) is 0. The zero-order chi connectivity index (χ0) is 11.0. The molecule has 1 aromatic rings. The first-order valence-electron chi connectivity index (χ1n) is 5.73. The Kier molecular flexibility index (Phi) is 2.36. The van der Waals surface area contributed by atoms with Gasteiger partial charge in [0, 0.05) is 24.3 Å². The van der Waals surface area contributed by atoms with Crippen LogP contribution in [0, 0.1) is 0 Å². The van der Waals surface area contributed by atoms with E-state index in [-0.39, 0.29) is 6.10 Å². The standard InChI is InChI=1S/C12H16N2O2/c13-8-1-4-11-12(5-8)15-7-10(16-11)6-14-9-2-3-9/h1,4-5,9-10,14H,2-3,6-7,13H2. The van der Waals surface area contributed by atoms with Crippen molar-refractivity contribution < 1.29 is 9.47 Å². The first kappa shape index (κ1) is 9.78. The number of anilines is 1. The molecule has 1 fully saturated rings. The van der Waals surface area contributed by atoms with Crippen LogP contribution in [-0.2, 0) is 0 Å². The van der Waals surface area contributed by atoms with Crippen molar-refractivity contribution in [3.05, 3.63) is 18.2 Å². The minimum Gasteiger partial charge on any atom is -0.486 e. The number of nitrogen functional groups attached to an aromatic ring is 1. The van der Waals surface area contributed by atoms with E-state index in [0.29, 0.717) is 18.3 Å². The smallest absolute Gasteiger partial charge is 0.163 e. The summed E-state index contributed by atoms with van der Waals surface area (Å²) in [5.74, 6) is 1.55. The van der Waals surface area contributed by atoms with Crippen LogP contribution >= 0.6 is 0 Å². The van der Waals surface area contributed by atoms with Crippen LogP contribution in [0.25, 0.3) is 0 Å². The molecule has 16 heavy (non-hydrogen) atoms. The fourth-order valence-electron chi connectivity index (χ4n) is 1.82. The van der Waals surface area contributed by atoms with E-state index >= 15 is 0 Å². The summed E-state index contributed by atoms with van der Waals surface area (Å²) in [5.41, 5.74) is 6.38. The largest absolute Gasteiger partial charge is 0.486 e. The molecule has 4 nitrogen and oxygen atoms in total. The number of nitrogens with one attached hydrogen (secondary N) is 1. The fraction of sp³-hybridized carbons (Fsp3) is 0.500. The van der Waals surface area contributed by atoms with Gasteiger partial charge in [-0.25, -0.2) is 0 Å². The maximum atomic E-state index is 5.82. The first-order valence-corrected chi connectivity index (χ1v) is 5.73. The molecule has 2 aliphatic rings. The quantitative estimate of drug-likeness (QED) is 0.750. The molecule has 0 aromatic heterocycles. The number of rotatable bonds is 3. The molecule has 3 rings (SSSR count). The summed E-state index contributed by atoms with van der Waals surface area (Å²) in [7, 11) is 0. The van der Waals surface area contributed by atoms with Crippen molar-refractivity contribution in [1.29, 1.82) is 0 Å². The Hall–Kier alpha value is -1.42. The average molecular weight is 220 g/mol. The molecule has 0 saturated heterocycles. The van der Waals surface area contributed by atoms with Crippen LogP contribution in [0.1, 0.15) is 12.8 Å². The van der Waals surface area contributed by atoms with Gasteiger partial charge in [0.25, 0.3) is 0 Å². The molecule has 3 N–H and O–H groups in total. The SMILES string of the molecule is Nc1ccc2c(c1)OCC(CNC1CC1)O2. The summed E-state index contributed by atoms with van der Waals surface area (Å²) in [6.45, 7) is 1.45. The highest BCUT2D eigenvalue weighted by Crippen LogP contribution is 2.33. The molecule has 0 amide bonds. The van der Waals surface area contributed by atoms with Crippen molar-refractivity contribution in [3.63, 3.8) is 0 Å². The molecule has 0 spiro atoms. The Bertz CT molecular complexity index is 391. The number of hydrogen-bond donors (Lipinski definition) is 2. The van der Waals surface area contributed by atoms with Gasteiger partial charge in [0.15, 0.2) is 11.5 Å². The van der Waals surface area contributed by atoms with Crippen molar-refractivity contribution in [2.45, 2.75) is 25.0 Å². The van der Waals surface area contributed by atoms with E-state index in [1.54, 1.807) is 6.07 Å². The van der Waals surface area contributed by atoms with Crippen molar-refractivity contribution in [3.8, 4) is 11.5 Å². The monoisotopic (exact) mass is 220 g/mol. The number of ether oxygens (including phenoxy) is 2. The highest BCUT2D eigenvalue weighted by Gasteiger charge is 2.25. The number of benzene rings is 1. The number of nitrogens with two attached hydrogens (primary N) is 1. The van der Waals surface area contributed by atoms with E-state index in [1.807, 2.05) is 12.1 Å². The van der Waals surface area contributed by atoms with E-state index in [1.165, 1.54) is 12.8 Å². The predicted molar refractivity (Wildman–Crippen MR) is 61.8 cm³/mol. The molecule has 1 unspecified atom stereocenters. The van der Waals surface area contributed by atoms with E-state index in [4.69, 9.17) is 15.2 Å². The highest BCUT2D eigenvalue weighted by molar-refractivity contribution is 5.52. The second-order valence-corrected chi connectivity index (χ2v) is 4.44. The van der Waals surface area contributed by atoms with E-state index in [2.05, 4.69) is 5.32 Å².